The fourth-order valence-electron chi connectivity index (χ4n) is 2.96. The molecule has 2 N–H and O–H groups in total. The topological polar surface area (TPSA) is 32.3 Å². The van der Waals surface area contributed by atoms with E-state index in [1.54, 1.807) is 0 Å². The summed E-state index contributed by atoms with van der Waals surface area (Å²) in [6.07, 6.45) is 6.22. The molecule has 1 aliphatic carbocycles. The molecule has 0 amide bonds. The Hall–Kier alpha value is -0.860. The monoisotopic (exact) mass is 247 g/mol. The Balaban J connectivity index is 1.65. The van der Waals surface area contributed by atoms with Crippen molar-refractivity contribution in [3.63, 3.8) is 0 Å². The number of hydrogen-bond donors (Lipinski definition) is 2. The van der Waals surface area contributed by atoms with Gasteiger partial charge in [-0.3, -0.25) is 0 Å². The summed E-state index contributed by atoms with van der Waals surface area (Å²) in [5.41, 5.74) is 1.40. The Bertz CT molecular complexity index is 325. The van der Waals surface area contributed by atoms with E-state index in [1.165, 1.54) is 31.2 Å². The summed E-state index contributed by atoms with van der Waals surface area (Å²) in [5.74, 6) is 1.21. The summed E-state index contributed by atoms with van der Waals surface area (Å²) >= 11 is 0. The van der Waals surface area contributed by atoms with Crippen molar-refractivity contribution in [1.29, 1.82) is 0 Å². The van der Waals surface area contributed by atoms with Gasteiger partial charge in [-0.25, -0.2) is 0 Å². The third-order valence-corrected chi connectivity index (χ3v) is 4.14. The zero-order valence-electron chi connectivity index (χ0n) is 11.1. The first kappa shape index (κ1) is 13.6. The molecule has 18 heavy (non-hydrogen) atoms. The van der Waals surface area contributed by atoms with Crippen molar-refractivity contribution in [2.45, 2.75) is 32.1 Å². The highest BCUT2D eigenvalue weighted by Gasteiger charge is 2.23. The smallest absolute Gasteiger partial charge is 0.0462 e. The van der Waals surface area contributed by atoms with Gasteiger partial charge in [0.25, 0.3) is 0 Å². The first-order chi connectivity index (χ1) is 8.90. The van der Waals surface area contributed by atoms with Crippen LogP contribution in [0.25, 0.3) is 0 Å². The fraction of sp³-hybridized carbons (Fsp3) is 0.625. The molecule has 0 bridgehead atoms. The molecule has 2 nitrogen and oxygen atoms in total. The molecule has 0 aliphatic heterocycles. The Kier molecular flexibility index (Phi) is 5.69. The van der Waals surface area contributed by atoms with Crippen LogP contribution in [0.5, 0.6) is 0 Å². The molecule has 2 rings (SSSR count). The first-order valence-corrected chi connectivity index (χ1v) is 7.25. The molecule has 2 unspecified atom stereocenters. The van der Waals surface area contributed by atoms with E-state index >= 15 is 0 Å². The molecular formula is C16H25NO. The van der Waals surface area contributed by atoms with Crippen LogP contribution in [0.1, 0.15) is 31.2 Å². The largest absolute Gasteiger partial charge is 0.396 e. The molecule has 1 aromatic carbocycles. The minimum Gasteiger partial charge on any atom is -0.396 e. The van der Waals surface area contributed by atoms with Gasteiger partial charge in [-0.1, -0.05) is 43.2 Å². The van der Waals surface area contributed by atoms with Gasteiger partial charge in [0.1, 0.15) is 0 Å². The van der Waals surface area contributed by atoms with E-state index in [4.69, 9.17) is 0 Å². The Morgan fingerprint density at radius 3 is 2.50 bits per heavy atom. The van der Waals surface area contributed by atoms with E-state index in [0.29, 0.717) is 18.4 Å². The summed E-state index contributed by atoms with van der Waals surface area (Å²) in [5, 5.41) is 12.9. The zero-order chi connectivity index (χ0) is 12.6. The van der Waals surface area contributed by atoms with E-state index < -0.39 is 0 Å². The van der Waals surface area contributed by atoms with Crippen molar-refractivity contribution >= 4 is 0 Å². The van der Waals surface area contributed by atoms with E-state index in [1.807, 2.05) is 0 Å². The lowest BCUT2D eigenvalue weighted by Gasteiger charge is -2.30. The normalized spacial score (nSPS) is 24.1. The predicted octanol–water partition coefficient (Wildman–Crippen LogP) is 2.62. The van der Waals surface area contributed by atoms with Crippen molar-refractivity contribution in [3.8, 4) is 0 Å². The van der Waals surface area contributed by atoms with Gasteiger partial charge >= 0.3 is 0 Å². The fourth-order valence-corrected chi connectivity index (χ4v) is 2.96. The highest BCUT2D eigenvalue weighted by atomic mass is 16.3. The first-order valence-electron chi connectivity index (χ1n) is 7.25. The third-order valence-electron chi connectivity index (χ3n) is 4.14. The maximum atomic E-state index is 9.37. The highest BCUT2D eigenvalue weighted by molar-refractivity contribution is 5.14. The van der Waals surface area contributed by atoms with Crippen LogP contribution in [0.3, 0.4) is 0 Å². The molecule has 1 fully saturated rings. The number of hydrogen-bond acceptors (Lipinski definition) is 2. The quantitative estimate of drug-likeness (QED) is 0.757. The SMILES string of the molecule is OCC1CCCCC1CNCCc1ccccc1. The van der Waals surface area contributed by atoms with E-state index in [-0.39, 0.29) is 0 Å². The van der Waals surface area contributed by atoms with E-state index in [0.717, 1.165) is 19.5 Å². The Morgan fingerprint density at radius 2 is 1.78 bits per heavy atom. The van der Waals surface area contributed by atoms with Crippen LogP contribution in [0, 0.1) is 11.8 Å². The standard InChI is InChI=1S/C16H25NO/c18-13-16-9-5-4-8-15(16)12-17-11-10-14-6-2-1-3-7-14/h1-3,6-7,15-18H,4-5,8-13H2. The number of nitrogens with one attached hydrogen (secondary N) is 1. The second-order valence-corrected chi connectivity index (χ2v) is 5.43. The van der Waals surface area contributed by atoms with Crippen LogP contribution in [-0.2, 0) is 6.42 Å². The highest BCUT2D eigenvalue weighted by Crippen LogP contribution is 2.28. The number of aliphatic hydroxyl groups is 1. The average molecular weight is 247 g/mol. The van der Waals surface area contributed by atoms with Crippen LogP contribution in [-0.4, -0.2) is 24.8 Å². The van der Waals surface area contributed by atoms with Crippen LogP contribution in [0.15, 0.2) is 30.3 Å². The van der Waals surface area contributed by atoms with Gasteiger partial charge < -0.3 is 10.4 Å². The lowest BCUT2D eigenvalue weighted by atomic mass is 9.79. The second-order valence-electron chi connectivity index (χ2n) is 5.43. The number of rotatable bonds is 6. The van der Waals surface area contributed by atoms with Gasteiger partial charge in [0.05, 0.1) is 0 Å². The van der Waals surface area contributed by atoms with Crippen molar-refractivity contribution in [2.75, 3.05) is 19.7 Å². The third kappa shape index (κ3) is 4.11. The van der Waals surface area contributed by atoms with Crippen molar-refractivity contribution in [2.24, 2.45) is 11.8 Å². The van der Waals surface area contributed by atoms with Gasteiger partial charge in [0.15, 0.2) is 0 Å². The molecule has 2 heteroatoms. The molecule has 100 valence electrons. The van der Waals surface area contributed by atoms with E-state index in [9.17, 15) is 5.11 Å². The lowest BCUT2D eigenvalue weighted by Crippen LogP contribution is -2.33. The second kappa shape index (κ2) is 7.55. The molecule has 1 saturated carbocycles. The maximum Gasteiger partial charge on any atom is 0.0462 e. The minimum absolute atomic E-state index is 0.366. The summed E-state index contributed by atoms with van der Waals surface area (Å²) < 4.78 is 0. The van der Waals surface area contributed by atoms with Gasteiger partial charge in [0.2, 0.25) is 0 Å². The number of aliphatic hydroxyl groups excluding tert-OH is 1. The molecule has 1 aliphatic rings. The van der Waals surface area contributed by atoms with Gasteiger partial charge in [-0.2, -0.15) is 0 Å². The summed E-state index contributed by atoms with van der Waals surface area (Å²) in [6.45, 7) is 2.47. The molecule has 0 radical (unpaired) electrons. The molecule has 0 heterocycles. The molecule has 0 aromatic heterocycles. The Morgan fingerprint density at radius 1 is 1.06 bits per heavy atom. The summed E-state index contributed by atoms with van der Waals surface area (Å²) in [6, 6.07) is 10.6. The van der Waals surface area contributed by atoms with Crippen LogP contribution < -0.4 is 5.32 Å². The van der Waals surface area contributed by atoms with Gasteiger partial charge in [-0.05, 0) is 49.8 Å². The molecule has 2 atom stereocenters. The number of benzene rings is 1. The zero-order valence-corrected chi connectivity index (χ0v) is 11.1. The predicted molar refractivity (Wildman–Crippen MR) is 75.5 cm³/mol. The molecule has 0 spiro atoms. The van der Waals surface area contributed by atoms with Crippen LogP contribution >= 0.6 is 0 Å². The van der Waals surface area contributed by atoms with Crippen molar-refractivity contribution in [1.82, 2.24) is 5.32 Å². The molecule has 0 saturated heterocycles. The summed E-state index contributed by atoms with van der Waals surface area (Å²) in [7, 11) is 0. The molecular weight excluding hydrogens is 222 g/mol. The maximum absolute atomic E-state index is 9.37. The van der Waals surface area contributed by atoms with Crippen molar-refractivity contribution < 1.29 is 5.11 Å². The Labute approximate surface area is 110 Å². The lowest BCUT2D eigenvalue weighted by molar-refractivity contribution is 0.133. The van der Waals surface area contributed by atoms with Crippen LogP contribution in [0.4, 0.5) is 0 Å². The minimum atomic E-state index is 0.366. The summed E-state index contributed by atoms with van der Waals surface area (Å²) in [4.78, 5) is 0. The molecule has 1 aromatic rings. The van der Waals surface area contributed by atoms with E-state index in [2.05, 4.69) is 35.6 Å². The van der Waals surface area contributed by atoms with Gasteiger partial charge in [-0.15, -0.1) is 0 Å². The average Bonchev–Trinajstić information content (AvgIpc) is 2.45. The van der Waals surface area contributed by atoms with Crippen LogP contribution in [0.2, 0.25) is 0 Å². The van der Waals surface area contributed by atoms with Crippen molar-refractivity contribution in [3.05, 3.63) is 35.9 Å². The van der Waals surface area contributed by atoms with Gasteiger partial charge in [0, 0.05) is 6.61 Å².